The summed E-state index contributed by atoms with van der Waals surface area (Å²) < 4.78 is 12.2. The summed E-state index contributed by atoms with van der Waals surface area (Å²) in [4.78, 5) is 40.0. The smallest absolute Gasteiger partial charge is 0.296 e. The molecule has 10 heteroatoms. The molecule has 3 rings (SSSR count). The number of hydrazone groups is 1. The molecule has 1 N–H and O–H groups in total. The van der Waals surface area contributed by atoms with Crippen molar-refractivity contribution in [2.24, 2.45) is 5.10 Å². The number of likely N-dealkylation sites (tertiary alicyclic amines) is 1. The highest BCUT2D eigenvalue weighted by Gasteiger charge is 2.33. The van der Waals surface area contributed by atoms with Gasteiger partial charge in [0.05, 0.1) is 16.8 Å². The van der Waals surface area contributed by atoms with E-state index < -0.39 is 23.7 Å². The van der Waals surface area contributed by atoms with Crippen LogP contribution in [0.25, 0.3) is 0 Å². The molecule has 2 heterocycles. The first kappa shape index (κ1) is 37.7. The Bertz CT molecular complexity index is 1110. The molecule has 0 atom stereocenters. The predicted octanol–water partition coefficient (Wildman–Crippen LogP) is 5.67. The number of hydrogen-bond donors (Lipinski definition) is 1. The maximum absolute atomic E-state index is 12.8. The first-order chi connectivity index (χ1) is 19.4. The number of halogens is 2. The second-order valence-electron chi connectivity index (χ2n) is 9.16. The third kappa shape index (κ3) is 12.0. The van der Waals surface area contributed by atoms with Crippen molar-refractivity contribution in [3.8, 4) is 0 Å². The van der Waals surface area contributed by atoms with Crippen LogP contribution in [0.15, 0.2) is 64.5 Å². The summed E-state index contributed by atoms with van der Waals surface area (Å²) in [6.45, 7) is 16.5. The number of aryl methyl sites for hydroxylation is 1. The number of carbonyl (C=O) groups excluding carboxylic acids is 3. The number of hydrogen-bond acceptors (Lipinski definition) is 6. The number of Topliss-reactive ketones (excluding diaryl/α,β-unsaturated/α-hetero) is 1. The van der Waals surface area contributed by atoms with Crippen LogP contribution < -0.4 is 0 Å². The maximum atomic E-state index is 12.8. The van der Waals surface area contributed by atoms with E-state index >= 15 is 0 Å². The molecule has 1 aromatic rings. The highest BCUT2D eigenvalue weighted by molar-refractivity contribution is 6.59. The largest absolute Gasteiger partial charge is 0.393 e. The summed E-state index contributed by atoms with van der Waals surface area (Å²) in [5.41, 5.74) is 1.39. The number of aliphatic hydroxyl groups excluding tert-OH is 1. The van der Waals surface area contributed by atoms with Crippen LogP contribution in [0.2, 0.25) is 0 Å². The minimum atomic E-state index is -0.772. The highest BCUT2D eigenvalue weighted by atomic mass is 35.5. The molecule has 1 aromatic carbocycles. The summed E-state index contributed by atoms with van der Waals surface area (Å²) in [7, 11) is 2.94. The third-order valence-electron chi connectivity index (χ3n) is 5.60. The summed E-state index contributed by atoms with van der Waals surface area (Å²) in [6.07, 6.45) is 5.62. The van der Waals surface area contributed by atoms with Gasteiger partial charge in [-0.3, -0.25) is 14.4 Å². The lowest BCUT2D eigenvalue weighted by Gasteiger charge is -2.32. The fraction of sp³-hybridized carbons (Fsp3) is 0.484. The average molecular weight is 593 g/mol. The molecule has 228 valence electrons. The monoisotopic (exact) mass is 592 g/mol. The van der Waals surface area contributed by atoms with E-state index in [1.54, 1.807) is 24.0 Å². The van der Waals surface area contributed by atoms with Crippen LogP contribution >= 0.6 is 11.6 Å². The maximum Gasteiger partial charge on any atom is 0.296 e. The number of carbonyl (C=O) groups is 3. The number of ketones is 1. The Morgan fingerprint density at radius 1 is 1.12 bits per heavy atom. The Hall–Kier alpha value is -3.30. The van der Waals surface area contributed by atoms with E-state index in [4.69, 9.17) is 11.6 Å². The van der Waals surface area contributed by atoms with Gasteiger partial charge in [0.15, 0.2) is 5.71 Å². The van der Waals surface area contributed by atoms with Gasteiger partial charge in [-0.25, -0.2) is 9.40 Å². The zero-order chi connectivity index (χ0) is 31.7. The van der Waals surface area contributed by atoms with E-state index in [1.165, 1.54) is 50.4 Å². The van der Waals surface area contributed by atoms with Crippen molar-refractivity contribution in [3.05, 3.63) is 70.8 Å². The average Bonchev–Trinajstić information content (AvgIpc) is 2.96. The first-order valence-corrected chi connectivity index (χ1v) is 14.4. The summed E-state index contributed by atoms with van der Waals surface area (Å²) >= 11 is 6.19. The van der Waals surface area contributed by atoms with Gasteiger partial charge in [-0.05, 0) is 50.0 Å². The van der Waals surface area contributed by atoms with Crippen LogP contribution in [0.1, 0.15) is 66.4 Å². The molecule has 0 radical (unpaired) electrons. The zero-order valence-corrected chi connectivity index (χ0v) is 26.5. The fourth-order valence-electron chi connectivity index (χ4n) is 3.44. The molecular weight excluding hydrogens is 547 g/mol. The molecule has 0 bridgehead atoms. The number of aliphatic hydroxyl groups is 1. The molecular formula is C31H46ClFN4O4. The van der Waals surface area contributed by atoms with Gasteiger partial charge in [0, 0.05) is 27.2 Å². The molecule has 8 nitrogen and oxygen atoms in total. The number of likely N-dealkylation sites (N-methyl/N-ethyl adjacent to an activating group) is 1. The Morgan fingerprint density at radius 2 is 1.63 bits per heavy atom. The van der Waals surface area contributed by atoms with Crippen molar-refractivity contribution in [1.29, 1.82) is 0 Å². The standard InChI is InChI=1S/C18H23ClN4O4.C8H9F.C3H8.C2H6/c1-5-14(16(25)18(27)21(3)4)23-11(2)10-13(19)15(20-23)17(26)22-8-6-12(24)7-9-22;1-2-7-3-5-8(9)6-4-7;1-3-2;1-2/h5,10,12,24H,2,6-9H2,1,3-4H3;3-6H,2H2,1H3;3H2,1-2H3;1-2H3/b14-5-;;;. The number of nitrogens with zero attached hydrogens (tertiary/aromatic N) is 4. The van der Waals surface area contributed by atoms with Gasteiger partial charge < -0.3 is 14.9 Å². The van der Waals surface area contributed by atoms with E-state index in [2.05, 4.69) is 25.5 Å². The highest BCUT2D eigenvalue weighted by Crippen LogP contribution is 2.25. The summed E-state index contributed by atoms with van der Waals surface area (Å²) in [5.74, 6) is -2.05. The molecule has 41 heavy (non-hydrogen) atoms. The minimum absolute atomic E-state index is 0.0153. The molecule has 0 unspecified atom stereocenters. The van der Waals surface area contributed by atoms with Gasteiger partial charge in [-0.1, -0.05) is 77.4 Å². The molecule has 1 saturated heterocycles. The molecule has 2 aliphatic heterocycles. The summed E-state index contributed by atoms with van der Waals surface area (Å²) in [5, 5.41) is 15.1. The van der Waals surface area contributed by atoms with Crippen molar-refractivity contribution >= 4 is 34.9 Å². The molecule has 1 fully saturated rings. The van der Waals surface area contributed by atoms with Crippen molar-refractivity contribution in [2.75, 3.05) is 27.2 Å². The molecule has 0 aliphatic carbocycles. The number of allylic oxidation sites excluding steroid dienone is 2. The van der Waals surface area contributed by atoms with Crippen LogP contribution in [0.4, 0.5) is 4.39 Å². The third-order valence-corrected chi connectivity index (χ3v) is 5.89. The Labute approximate surface area is 249 Å². The second kappa shape index (κ2) is 19.7. The number of benzene rings is 1. The van der Waals surface area contributed by atoms with E-state index in [0.717, 1.165) is 16.3 Å². The zero-order valence-electron chi connectivity index (χ0n) is 25.7. The number of piperidine rings is 1. The van der Waals surface area contributed by atoms with Crippen molar-refractivity contribution in [2.45, 2.75) is 73.3 Å². The Kier molecular flexibility index (Phi) is 18.1. The van der Waals surface area contributed by atoms with E-state index in [1.807, 2.05) is 20.8 Å². The SMILES string of the molecule is C=C1C=C(Cl)C(C(=O)N2CCC(O)CC2)=NN1/C(=C\C)C(=O)C(=O)N(C)C.CC.CCC.CCc1ccc(F)cc1. The van der Waals surface area contributed by atoms with Crippen LogP contribution in [0.3, 0.4) is 0 Å². The van der Waals surface area contributed by atoms with Crippen molar-refractivity contribution in [3.63, 3.8) is 0 Å². The lowest BCUT2D eigenvalue weighted by atomic mass is 10.1. The predicted molar refractivity (Wildman–Crippen MR) is 165 cm³/mol. The van der Waals surface area contributed by atoms with E-state index in [9.17, 15) is 23.9 Å². The second-order valence-corrected chi connectivity index (χ2v) is 9.56. The molecule has 2 amide bonds. The van der Waals surface area contributed by atoms with Gasteiger partial charge in [0.25, 0.3) is 17.6 Å². The van der Waals surface area contributed by atoms with Crippen LogP contribution in [-0.2, 0) is 20.8 Å². The van der Waals surface area contributed by atoms with E-state index in [0.29, 0.717) is 25.9 Å². The lowest BCUT2D eigenvalue weighted by molar-refractivity contribution is -0.141. The van der Waals surface area contributed by atoms with Gasteiger partial charge in [-0.15, -0.1) is 0 Å². The van der Waals surface area contributed by atoms with Crippen LogP contribution in [-0.4, -0.2) is 76.5 Å². The van der Waals surface area contributed by atoms with Crippen LogP contribution in [0, 0.1) is 5.82 Å². The topological polar surface area (TPSA) is 93.5 Å². The van der Waals surface area contributed by atoms with Crippen LogP contribution in [0.5, 0.6) is 0 Å². The Morgan fingerprint density at radius 3 is 2.07 bits per heavy atom. The van der Waals surface area contributed by atoms with Crippen molar-refractivity contribution < 1.29 is 23.9 Å². The quantitative estimate of drug-likeness (QED) is 0.351. The normalized spacial score (nSPS) is 15.1. The molecule has 0 spiro atoms. The van der Waals surface area contributed by atoms with Gasteiger partial charge in [0.2, 0.25) is 0 Å². The lowest BCUT2D eigenvalue weighted by Crippen LogP contribution is -2.45. The number of amides is 2. The summed E-state index contributed by atoms with van der Waals surface area (Å²) in [6, 6.07) is 6.57. The minimum Gasteiger partial charge on any atom is -0.393 e. The number of rotatable bonds is 5. The molecule has 0 saturated carbocycles. The molecule has 0 aromatic heterocycles. The van der Waals surface area contributed by atoms with Gasteiger partial charge >= 0.3 is 0 Å². The fourth-order valence-corrected chi connectivity index (χ4v) is 3.69. The molecule has 2 aliphatic rings. The Balaban J connectivity index is 0.000000944. The van der Waals surface area contributed by atoms with E-state index in [-0.39, 0.29) is 28.0 Å². The van der Waals surface area contributed by atoms with Crippen molar-refractivity contribution in [1.82, 2.24) is 14.8 Å². The van der Waals surface area contributed by atoms with Gasteiger partial charge in [-0.2, -0.15) is 5.10 Å². The first-order valence-electron chi connectivity index (χ1n) is 14.0. The van der Waals surface area contributed by atoms with Gasteiger partial charge in [0.1, 0.15) is 11.5 Å².